The summed E-state index contributed by atoms with van der Waals surface area (Å²) in [6, 6.07) is 7.82. The number of aliphatic imine (C=N–C) groups is 1. The number of amides is 1. The van der Waals surface area contributed by atoms with E-state index in [9.17, 15) is 4.79 Å². The van der Waals surface area contributed by atoms with Crippen LogP contribution in [0.25, 0.3) is 0 Å². The monoisotopic (exact) mass is 219 g/mol. The van der Waals surface area contributed by atoms with Gasteiger partial charge in [-0.05, 0) is 18.6 Å². The minimum Gasteiger partial charge on any atom is -0.450 e. The highest BCUT2D eigenvalue weighted by Gasteiger charge is 2.12. The van der Waals surface area contributed by atoms with E-state index in [-0.39, 0.29) is 0 Å². The summed E-state index contributed by atoms with van der Waals surface area (Å²) in [7, 11) is 0. The average Bonchev–Trinajstić information content (AvgIpc) is 2.29. The molecular formula is C11H13N3O2. The third-order valence-electron chi connectivity index (χ3n) is 2.17. The molecule has 0 unspecified atom stereocenters. The summed E-state index contributed by atoms with van der Waals surface area (Å²) in [6.07, 6.45) is -0.492. The maximum atomic E-state index is 11.2. The normalized spacial score (nSPS) is 13.2. The molecule has 0 saturated heterocycles. The fraction of sp³-hybridized carbons (Fsp3) is 0.273. The van der Waals surface area contributed by atoms with Gasteiger partial charge in [-0.25, -0.2) is 9.79 Å². The van der Waals surface area contributed by atoms with E-state index in [0.717, 1.165) is 11.3 Å². The number of nitrogens with zero attached hydrogens (tertiary/aromatic N) is 1. The average molecular weight is 219 g/mol. The van der Waals surface area contributed by atoms with Crippen LogP contribution < -0.4 is 10.6 Å². The Balaban J connectivity index is 2.01. The third-order valence-corrected chi connectivity index (χ3v) is 2.17. The topological polar surface area (TPSA) is 62.7 Å². The van der Waals surface area contributed by atoms with Gasteiger partial charge in [0.15, 0.2) is 0 Å². The number of carbonyl (C=O) groups excluding carboxylic acids is 1. The van der Waals surface area contributed by atoms with Gasteiger partial charge in [-0.3, -0.25) is 5.32 Å². The number of carbonyl (C=O) groups is 1. The molecule has 0 spiro atoms. The molecule has 0 aliphatic carbocycles. The number of benzene rings is 1. The molecule has 1 aliphatic rings. The van der Waals surface area contributed by atoms with Crippen LogP contribution in [0.5, 0.6) is 0 Å². The van der Waals surface area contributed by atoms with Gasteiger partial charge in [0.05, 0.1) is 13.2 Å². The van der Waals surface area contributed by atoms with Crippen molar-refractivity contribution in [3.8, 4) is 0 Å². The molecule has 5 heteroatoms. The lowest BCUT2D eigenvalue weighted by Gasteiger charge is -2.18. The first kappa shape index (κ1) is 10.5. The van der Waals surface area contributed by atoms with Crippen molar-refractivity contribution in [1.29, 1.82) is 0 Å². The highest BCUT2D eigenvalue weighted by Crippen LogP contribution is 2.18. The maximum absolute atomic E-state index is 11.2. The molecule has 5 nitrogen and oxygen atoms in total. The molecule has 0 saturated carbocycles. The van der Waals surface area contributed by atoms with Crippen molar-refractivity contribution in [2.75, 3.05) is 11.9 Å². The van der Waals surface area contributed by atoms with Crippen LogP contribution in [0, 0.1) is 0 Å². The van der Waals surface area contributed by atoms with E-state index < -0.39 is 6.09 Å². The van der Waals surface area contributed by atoms with E-state index in [1.165, 1.54) is 0 Å². The highest BCUT2D eigenvalue weighted by molar-refractivity contribution is 6.03. The zero-order valence-corrected chi connectivity index (χ0v) is 8.99. The van der Waals surface area contributed by atoms with E-state index in [1.807, 2.05) is 24.3 Å². The summed E-state index contributed by atoms with van der Waals surface area (Å²) in [5.41, 5.74) is 2.07. The van der Waals surface area contributed by atoms with Crippen LogP contribution in [-0.4, -0.2) is 18.7 Å². The van der Waals surface area contributed by atoms with Gasteiger partial charge in [0.1, 0.15) is 0 Å². The number of rotatable bonds is 1. The molecule has 1 aromatic carbocycles. The standard InChI is InChI=1S/C11H13N3O2/c1-2-16-11(15)14-10-12-7-8-5-3-4-6-9(8)13-10/h3-6H,2,7H2,1H3,(H2,12,13,14,15). The molecule has 0 atom stereocenters. The largest absolute Gasteiger partial charge is 0.450 e. The fourth-order valence-corrected chi connectivity index (χ4v) is 1.45. The lowest BCUT2D eigenvalue weighted by molar-refractivity contribution is 0.158. The molecule has 0 fully saturated rings. The van der Waals surface area contributed by atoms with Gasteiger partial charge in [-0.15, -0.1) is 0 Å². The van der Waals surface area contributed by atoms with Gasteiger partial charge >= 0.3 is 6.09 Å². The van der Waals surface area contributed by atoms with Gasteiger partial charge in [0.2, 0.25) is 5.96 Å². The summed E-state index contributed by atoms with van der Waals surface area (Å²) < 4.78 is 4.76. The second kappa shape index (κ2) is 4.65. The number of hydrogen-bond donors (Lipinski definition) is 2. The van der Waals surface area contributed by atoms with Crippen LogP contribution in [0.4, 0.5) is 10.5 Å². The van der Waals surface area contributed by atoms with Crippen molar-refractivity contribution < 1.29 is 9.53 Å². The first-order valence-corrected chi connectivity index (χ1v) is 5.12. The third kappa shape index (κ3) is 2.31. The molecular weight excluding hydrogens is 206 g/mol. The van der Waals surface area contributed by atoms with Crippen molar-refractivity contribution >= 4 is 17.7 Å². The number of anilines is 1. The Bertz CT molecular complexity index is 429. The summed E-state index contributed by atoms with van der Waals surface area (Å²) in [4.78, 5) is 15.4. The van der Waals surface area contributed by atoms with Crippen LogP contribution >= 0.6 is 0 Å². The lowest BCUT2D eigenvalue weighted by atomic mass is 10.1. The summed E-state index contributed by atoms with van der Waals surface area (Å²) in [5.74, 6) is 0.428. The molecule has 2 rings (SSSR count). The van der Waals surface area contributed by atoms with Gasteiger partial charge in [-0.2, -0.15) is 0 Å². The first-order chi connectivity index (χ1) is 7.79. The molecule has 0 bridgehead atoms. The number of guanidine groups is 1. The van der Waals surface area contributed by atoms with Crippen molar-refractivity contribution in [1.82, 2.24) is 5.32 Å². The molecule has 84 valence electrons. The smallest absolute Gasteiger partial charge is 0.413 e. The summed E-state index contributed by atoms with van der Waals surface area (Å²) in [5, 5.41) is 5.56. The van der Waals surface area contributed by atoms with E-state index in [2.05, 4.69) is 15.6 Å². The van der Waals surface area contributed by atoms with Gasteiger partial charge in [0.25, 0.3) is 0 Å². The van der Waals surface area contributed by atoms with Crippen LogP contribution in [0.15, 0.2) is 29.3 Å². The Morgan fingerprint density at radius 1 is 1.56 bits per heavy atom. The number of fused-ring (bicyclic) bond motifs is 1. The Labute approximate surface area is 93.5 Å². The van der Waals surface area contributed by atoms with Crippen molar-refractivity contribution in [3.63, 3.8) is 0 Å². The highest BCUT2D eigenvalue weighted by atomic mass is 16.5. The number of nitrogens with one attached hydrogen (secondary N) is 2. The lowest BCUT2D eigenvalue weighted by Crippen LogP contribution is -2.37. The first-order valence-electron chi connectivity index (χ1n) is 5.12. The van der Waals surface area contributed by atoms with Crippen molar-refractivity contribution in [3.05, 3.63) is 29.8 Å². The Kier molecular flexibility index (Phi) is 3.05. The molecule has 16 heavy (non-hydrogen) atoms. The Hall–Kier alpha value is -2.04. The zero-order valence-electron chi connectivity index (χ0n) is 8.99. The van der Waals surface area contributed by atoms with Crippen LogP contribution in [0.1, 0.15) is 12.5 Å². The number of ether oxygens (including phenoxy) is 1. The number of hydrogen-bond acceptors (Lipinski definition) is 4. The van der Waals surface area contributed by atoms with Crippen LogP contribution in [0.2, 0.25) is 0 Å². The minimum absolute atomic E-state index is 0.343. The Morgan fingerprint density at radius 2 is 2.38 bits per heavy atom. The van der Waals surface area contributed by atoms with Gasteiger partial charge in [0, 0.05) is 5.69 Å². The SMILES string of the molecule is CCOC(=O)NC1=NCc2ccccc2N1. The van der Waals surface area contributed by atoms with E-state index in [0.29, 0.717) is 19.1 Å². The predicted octanol–water partition coefficient (Wildman–Crippen LogP) is 1.71. The molecule has 0 radical (unpaired) electrons. The zero-order chi connectivity index (χ0) is 11.4. The van der Waals surface area contributed by atoms with Gasteiger partial charge < -0.3 is 10.1 Å². The molecule has 0 aromatic heterocycles. The minimum atomic E-state index is -0.492. The molecule has 1 aliphatic heterocycles. The maximum Gasteiger partial charge on any atom is 0.413 e. The molecule has 1 amide bonds. The number of para-hydroxylation sites is 1. The van der Waals surface area contributed by atoms with Gasteiger partial charge in [-0.1, -0.05) is 18.2 Å². The van der Waals surface area contributed by atoms with Crippen molar-refractivity contribution in [2.24, 2.45) is 4.99 Å². The molecule has 1 aromatic rings. The molecule has 2 N–H and O–H groups in total. The van der Waals surface area contributed by atoms with Crippen LogP contribution in [0.3, 0.4) is 0 Å². The van der Waals surface area contributed by atoms with E-state index in [1.54, 1.807) is 6.92 Å². The molecule has 1 heterocycles. The Morgan fingerprint density at radius 3 is 3.19 bits per heavy atom. The predicted molar refractivity (Wildman–Crippen MR) is 61.4 cm³/mol. The summed E-state index contributed by atoms with van der Waals surface area (Å²) in [6.45, 7) is 2.66. The van der Waals surface area contributed by atoms with E-state index >= 15 is 0 Å². The second-order valence-electron chi connectivity index (χ2n) is 3.29. The fourth-order valence-electron chi connectivity index (χ4n) is 1.45. The quantitative estimate of drug-likeness (QED) is 0.755. The van der Waals surface area contributed by atoms with Crippen LogP contribution in [-0.2, 0) is 11.3 Å². The van der Waals surface area contributed by atoms with Crippen molar-refractivity contribution in [2.45, 2.75) is 13.5 Å². The number of alkyl carbamates (subject to hydrolysis) is 1. The summed E-state index contributed by atoms with van der Waals surface area (Å²) >= 11 is 0. The van der Waals surface area contributed by atoms with E-state index in [4.69, 9.17) is 4.74 Å². The second-order valence-corrected chi connectivity index (χ2v) is 3.29.